The summed E-state index contributed by atoms with van der Waals surface area (Å²) < 4.78 is 17.6. The van der Waals surface area contributed by atoms with Gasteiger partial charge in [-0.05, 0) is 77.0 Å². The van der Waals surface area contributed by atoms with E-state index >= 15 is 0 Å². The zero-order valence-electron chi connectivity index (χ0n) is 47.3. The minimum Gasteiger partial charge on any atom is -0.454 e. The quantitative estimate of drug-likeness (QED) is 0.0195. The number of allylic oxidation sites excluding steroid dienone is 5. The van der Waals surface area contributed by atoms with Crippen molar-refractivity contribution in [1.82, 2.24) is 5.32 Å². The second-order valence-electron chi connectivity index (χ2n) is 21.4. The molecule has 0 saturated carbocycles. The lowest BCUT2D eigenvalue weighted by Crippen LogP contribution is -2.61. The molecule has 1 fully saturated rings. The number of hydrogen-bond donors (Lipinski definition) is 6. The van der Waals surface area contributed by atoms with Crippen LogP contribution in [0.5, 0.6) is 0 Å². The van der Waals surface area contributed by atoms with E-state index in [0.29, 0.717) is 12.8 Å². The summed E-state index contributed by atoms with van der Waals surface area (Å²) in [4.78, 5) is 26.5. The summed E-state index contributed by atoms with van der Waals surface area (Å²) in [5, 5.41) is 56.9. The second-order valence-corrected chi connectivity index (χ2v) is 21.4. The molecule has 11 heteroatoms. The first-order valence-corrected chi connectivity index (χ1v) is 30.8. The van der Waals surface area contributed by atoms with Crippen molar-refractivity contribution in [2.75, 3.05) is 13.2 Å². The van der Waals surface area contributed by atoms with Crippen LogP contribution in [0.25, 0.3) is 0 Å². The van der Waals surface area contributed by atoms with Crippen molar-refractivity contribution in [3.05, 3.63) is 36.5 Å². The third-order valence-electron chi connectivity index (χ3n) is 14.5. The summed E-state index contributed by atoms with van der Waals surface area (Å²) in [5.41, 5.74) is 0. The molecular weight excluding hydrogens is 919 g/mol. The van der Waals surface area contributed by atoms with E-state index in [9.17, 15) is 35.1 Å². The SMILES string of the molecule is CCCCCC/C=C\CCCCCCCCCC(=O)OC1C(OCC(NC(=O)C(O)CCCCCCCC/C=C/CCCCCCCC)C(O)/C=C/CCCCCCCCCCCCC)OC(CO)C(O)C1O. The van der Waals surface area contributed by atoms with Crippen LogP contribution in [0.2, 0.25) is 0 Å². The number of carbonyl (C=O) groups is 2. The molecule has 1 heterocycles. The predicted octanol–water partition coefficient (Wildman–Crippen LogP) is 14.3. The number of unbranched alkanes of at least 4 members (excludes halogenated alkanes) is 34. The number of hydrogen-bond acceptors (Lipinski definition) is 10. The zero-order chi connectivity index (χ0) is 53.3. The number of aliphatic hydroxyl groups excluding tert-OH is 5. The van der Waals surface area contributed by atoms with Crippen LogP contribution in [-0.2, 0) is 23.8 Å². The summed E-state index contributed by atoms with van der Waals surface area (Å²) in [6.45, 7) is 5.78. The van der Waals surface area contributed by atoms with Crippen molar-refractivity contribution in [3.63, 3.8) is 0 Å². The topological polar surface area (TPSA) is 175 Å². The lowest BCUT2D eigenvalue weighted by molar-refractivity contribution is -0.305. The fourth-order valence-corrected chi connectivity index (χ4v) is 9.58. The molecular formula is C62H115NO10. The largest absolute Gasteiger partial charge is 0.454 e. The Morgan fingerprint density at radius 3 is 1.34 bits per heavy atom. The van der Waals surface area contributed by atoms with Crippen LogP contribution in [0.4, 0.5) is 0 Å². The maximum absolute atomic E-state index is 13.4. The average Bonchev–Trinajstić information content (AvgIpc) is 3.39. The van der Waals surface area contributed by atoms with E-state index in [-0.39, 0.29) is 19.4 Å². The van der Waals surface area contributed by atoms with Crippen LogP contribution in [0.1, 0.15) is 284 Å². The van der Waals surface area contributed by atoms with E-state index in [1.54, 1.807) is 6.08 Å². The molecule has 1 saturated heterocycles. The van der Waals surface area contributed by atoms with Crippen molar-refractivity contribution in [2.24, 2.45) is 0 Å². The van der Waals surface area contributed by atoms with E-state index in [4.69, 9.17) is 14.2 Å². The Morgan fingerprint density at radius 2 is 0.904 bits per heavy atom. The lowest BCUT2D eigenvalue weighted by atomic mass is 9.99. The first-order chi connectivity index (χ1) is 35.7. The molecule has 1 aliphatic heterocycles. The van der Waals surface area contributed by atoms with E-state index in [0.717, 1.165) is 83.5 Å². The highest BCUT2D eigenvalue weighted by atomic mass is 16.7. The monoisotopic (exact) mass is 1030 g/mol. The molecule has 6 N–H and O–H groups in total. The van der Waals surface area contributed by atoms with Gasteiger partial charge in [0, 0.05) is 6.42 Å². The molecule has 73 heavy (non-hydrogen) atoms. The Balaban J connectivity index is 2.71. The number of aliphatic hydroxyl groups is 5. The van der Waals surface area contributed by atoms with Gasteiger partial charge >= 0.3 is 5.97 Å². The molecule has 428 valence electrons. The number of esters is 1. The van der Waals surface area contributed by atoms with Gasteiger partial charge in [-0.3, -0.25) is 9.59 Å². The highest BCUT2D eigenvalue weighted by molar-refractivity contribution is 5.80. The van der Waals surface area contributed by atoms with E-state index in [1.165, 1.54) is 154 Å². The van der Waals surface area contributed by atoms with Gasteiger partial charge in [0.15, 0.2) is 12.4 Å². The number of nitrogens with one attached hydrogen (secondary N) is 1. The van der Waals surface area contributed by atoms with Crippen molar-refractivity contribution in [1.29, 1.82) is 0 Å². The van der Waals surface area contributed by atoms with Crippen LogP contribution >= 0.6 is 0 Å². The van der Waals surface area contributed by atoms with Crippen LogP contribution in [0.15, 0.2) is 36.5 Å². The maximum atomic E-state index is 13.4. The molecule has 0 spiro atoms. The maximum Gasteiger partial charge on any atom is 0.306 e. The molecule has 1 aliphatic rings. The predicted molar refractivity (Wildman–Crippen MR) is 301 cm³/mol. The van der Waals surface area contributed by atoms with Crippen molar-refractivity contribution < 1.29 is 49.3 Å². The van der Waals surface area contributed by atoms with Gasteiger partial charge in [0.2, 0.25) is 5.91 Å². The molecule has 0 aromatic carbocycles. The highest BCUT2D eigenvalue weighted by Gasteiger charge is 2.47. The van der Waals surface area contributed by atoms with Crippen LogP contribution in [0, 0.1) is 0 Å². The normalized spacial score (nSPS) is 19.6. The Kier molecular flexibility index (Phi) is 47.8. The Hall–Kier alpha value is -2.12. The van der Waals surface area contributed by atoms with Crippen molar-refractivity contribution in [3.8, 4) is 0 Å². The van der Waals surface area contributed by atoms with E-state index in [1.807, 2.05) is 6.08 Å². The van der Waals surface area contributed by atoms with Gasteiger partial charge in [-0.1, -0.05) is 237 Å². The van der Waals surface area contributed by atoms with Crippen LogP contribution in [0.3, 0.4) is 0 Å². The van der Waals surface area contributed by atoms with Gasteiger partial charge < -0.3 is 45.1 Å². The van der Waals surface area contributed by atoms with Gasteiger partial charge in [-0.25, -0.2) is 0 Å². The molecule has 8 unspecified atom stereocenters. The molecule has 0 aromatic heterocycles. The fraction of sp³-hybridized carbons (Fsp3) is 0.871. The number of carbonyl (C=O) groups excluding carboxylic acids is 2. The summed E-state index contributed by atoms with van der Waals surface area (Å²) in [7, 11) is 0. The standard InChI is InChI=1S/C62H115NO10/c1-4-7-10-13-16-19-22-25-27-29-31-34-37-40-43-46-49-55(66)61(70)63-53(54(65)48-45-42-39-36-33-30-24-21-18-15-12-9-6-3)52-71-62-60(59(69)58(68)56(51-64)72-62)73-57(67)50-47-44-41-38-35-32-28-26-23-20-17-14-11-8-5-2/h20,23,25,27,45,48,53-56,58-60,62,64-66,68-69H,4-19,21-22,24,26,28-44,46-47,49-52H2,1-3H3,(H,63,70)/b23-20-,27-25+,48-45+. The first-order valence-electron chi connectivity index (χ1n) is 30.8. The molecule has 1 amide bonds. The lowest BCUT2D eigenvalue weighted by Gasteiger charge is -2.41. The number of amides is 1. The summed E-state index contributed by atoms with van der Waals surface area (Å²) >= 11 is 0. The van der Waals surface area contributed by atoms with Crippen molar-refractivity contribution in [2.45, 2.75) is 333 Å². The van der Waals surface area contributed by atoms with Gasteiger partial charge in [-0.15, -0.1) is 0 Å². The van der Waals surface area contributed by atoms with Crippen molar-refractivity contribution >= 4 is 11.9 Å². The van der Waals surface area contributed by atoms with Crippen LogP contribution < -0.4 is 5.32 Å². The third kappa shape index (κ3) is 39.0. The Morgan fingerprint density at radius 1 is 0.521 bits per heavy atom. The summed E-state index contributed by atoms with van der Waals surface area (Å²) in [6.07, 6.45) is 48.9. The average molecular weight is 1030 g/mol. The molecule has 0 aliphatic carbocycles. The van der Waals surface area contributed by atoms with E-state index < -0.39 is 67.4 Å². The Bertz CT molecular complexity index is 1330. The number of rotatable bonds is 52. The van der Waals surface area contributed by atoms with Crippen LogP contribution in [-0.4, -0.2) is 99.6 Å². The summed E-state index contributed by atoms with van der Waals surface area (Å²) in [5.74, 6) is -1.20. The second kappa shape index (κ2) is 50.7. The number of ether oxygens (including phenoxy) is 3. The molecule has 8 atom stereocenters. The highest BCUT2D eigenvalue weighted by Crippen LogP contribution is 2.26. The minimum atomic E-state index is -1.61. The smallest absolute Gasteiger partial charge is 0.306 e. The molecule has 0 radical (unpaired) electrons. The van der Waals surface area contributed by atoms with Gasteiger partial charge in [0.1, 0.15) is 24.4 Å². The minimum absolute atomic E-state index is 0.120. The summed E-state index contributed by atoms with van der Waals surface area (Å²) in [6, 6.07) is -1.02. The third-order valence-corrected chi connectivity index (χ3v) is 14.5. The molecule has 11 nitrogen and oxygen atoms in total. The van der Waals surface area contributed by atoms with Gasteiger partial charge in [0.25, 0.3) is 0 Å². The zero-order valence-corrected chi connectivity index (χ0v) is 47.3. The first kappa shape index (κ1) is 68.9. The molecule has 0 bridgehead atoms. The van der Waals surface area contributed by atoms with E-state index in [2.05, 4.69) is 50.4 Å². The van der Waals surface area contributed by atoms with Gasteiger partial charge in [0.05, 0.1) is 25.4 Å². The Labute approximate surface area is 447 Å². The van der Waals surface area contributed by atoms with Gasteiger partial charge in [-0.2, -0.15) is 0 Å². The molecule has 1 rings (SSSR count). The molecule has 0 aromatic rings. The fourth-order valence-electron chi connectivity index (χ4n) is 9.58.